The molecule has 8 nitrogen and oxygen atoms in total. The van der Waals surface area contributed by atoms with Crippen LogP contribution in [0, 0.1) is 5.92 Å². The zero-order chi connectivity index (χ0) is 26.6. The molecule has 4 amide bonds. The van der Waals surface area contributed by atoms with E-state index in [9.17, 15) is 19.2 Å². The number of ether oxygens (including phenoxy) is 1. The van der Waals surface area contributed by atoms with Gasteiger partial charge in [-0.1, -0.05) is 53.0 Å². The number of nitrogens with zero attached hydrogens (tertiary/aromatic N) is 1. The van der Waals surface area contributed by atoms with Crippen molar-refractivity contribution in [3.63, 3.8) is 0 Å². The van der Waals surface area contributed by atoms with E-state index in [-0.39, 0.29) is 17.2 Å². The summed E-state index contributed by atoms with van der Waals surface area (Å²) in [6.45, 7) is 12.5. The van der Waals surface area contributed by atoms with E-state index in [0.717, 1.165) is 24.2 Å². The highest BCUT2D eigenvalue weighted by Crippen LogP contribution is 2.61. The Bertz CT molecular complexity index is 1120. The minimum Gasteiger partial charge on any atom is -0.543 e. The maximum atomic E-state index is 16.2. The molecule has 1 saturated carbocycles. The lowest BCUT2D eigenvalue weighted by Crippen LogP contribution is -2.82. The number of unbranched alkanes of at least 4 members (excludes halogenated alkanes) is 3. The van der Waals surface area contributed by atoms with Crippen molar-refractivity contribution in [1.29, 1.82) is 0 Å². The molecule has 4 atom stereocenters. The van der Waals surface area contributed by atoms with Crippen LogP contribution in [0.2, 0.25) is 18.1 Å². The zero-order valence-electron chi connectivity index (χ0n) is 21.8. The van der Waals surface area contributed by atoms with Gasteiger partial charge in [0.05, 0.1) is 6.04 Å². The Kier molecular flexibility index (Phi) is 6.56. The van der Waals surface area contributed by atoms with Crippen LogP contribution in [0.1, 0.15) is 71.3 Å². The molecule has 36 heavy (non-hydrogen) atoms. The van der Waals surface area contributed by atoms with E-state index in [4.69, 9.17) is 9.16 Å². The summed E-state index contributed by atoms with van der Waals surface area (Å²) in [5.41, 5.74) is -2.25. The monoisotopic (exact) mass is 518 g/mol. The molecule has 3 aliphatic rings. The molecule has 1 aromatic rings. The maximum absolute atomic E-state index is 16.2. The first-order valence-corrected chi connectivity index (χ1v) is 15.6. The van der Waals surface area contributed by atoms with E-state index < -0.39 is 55.7 Å². The van der Waals surface area contributed by atoms with Crippen LogP contribution in [0.4, 0.5) is 9.18 Å². The first-order valence-electron chi connectivity index (χ1n) is 12.6. The van der Waals surface area contributed by atoms with Gasteiger partial charge in [0.1, 0.15) is 17.4 Å². The van der Waals surface area contributed by atoms with Gasteiger partial charge < -0.3 is 9.16 Å². The molecule has 0 aromatic heterocycles. The van der Waals surface area contributed by atoms with Crippen LogP contribution in [0.5, 0.6) is 11.5 Å². The van der Waals surface area contributed by atoms with Crippen LogP contribution in [0.25, 0.3) is 0 Å². The number of imide groups is 2. The van der Waals surface area contributed by atoms with Crippen LogP contribution in [0.3, 0.4) is 0 Å². The van der Waals surface area contributed by atoms with Crippen LogP contribution < -0.4 is 14.5 Å². The molecule has 2 aliphatic heterocycles. The Morgan fingerprint density at radius 2 is 1.89 bits per heavy atom. The Hall–Kier alpha value is -2.75. The molecule has 1 aliphatic carbocycles. The van der Waals surface area contributed by atoms with Gasteiger partial charge in [-0.3, -0.25) is 24.6 Å². The Morgan fingerprint density at radius 1 is 1.19 bits per heavy atom. The van der Waals surface area contributed by atoms with E-state index in [1.807, 2.05) is 12.2 Å². The van der Waals surface area contributed by atoms with Gasteiger partial charge in [-0.2, -0.15) is 0 Å². The van der Waals surface area contributed by atoms with Gasteiger partial charge in [0.2, 0.25) is 19.9 Å². The summed E-state index contributed by atoms with van der Waals surface area (Å²) in [5, 5.41) is 1.88. The third-order valence-electron chi connectivity index (χ3n) is 8.15. The minimum absolute atomic E-state index is 0.0553. The first kappa shape index (κ1) is 26.3. The number of carbonyl (C=O) groups is 4. The van der Waals surface area contributed by atoms with E-state index in [0.29, 0.717) is 17.7 Å². The number of alkyl halides is 1. The maximum Gasteiger partial charge on any atom is 0.331 e. The number of nitrogens with one attached hydrogen (secondary N) is 1. The van der Waals surface area contributed by atoms with Gasteiger partial charge in [-0.15, -0.1) is 0 Å². The fourth-order valence-electron chi connectivity index (χ4n) is 5.09. The lowest BCUT2D eigenvalue weighted by Gasteiger charge is -2.59. The average Bonchev–Trinajstić information content (AvgIpc) is 2.76. The summed E-state index contributed by atoms with van der Waals surface area (Å²) in [4.78, 5) is 52.1. The van der Waals surface area contributed by atoms with Gasteiger partial charge in [0, 0.05) is 24.0 Å². The van der Waals surface area contributed by atoms with Crippen molar-refractivity contribution in [1.82, 2.24) is 10.2 Å². The Morgan fingerprint density at radius 3 is 2.53 bits per heavy atom. The van der Waals surface area contributed by atoms with Gasteiger partial charge in [-0.25, -0.2) is 9.18 Å². The number of rotatable bonds is 7. The second kappa shape index (κ2) is 8.97. The number of urea groups is 1. The van der Waals surface area contributed by atoms with Gasteiger partial charge in [0.15, 0.2) is 0 Å². The van der Waals surface area contributed by atoms with Gasteiger partial charge in [-0.05, 0) is 30.6 Å². The molecule has 1 saturated heterocycles. The van der Waals surface area contributed by atoms with Crippen molar-refractivity contribution in [2.75, 3.05) is 0 Å². The van der Waals surface area contributed by atoms with Crippen molar-refractivity contribution >= 4 is 32.1 Å². The highest BCUT2D eigenvalue weighted by atomic mass is 28.4. The minimum atomic E-state index is -2.73. The molecule has 196 valence electrons. The third kappa shape index (κ3) is 4.03. The standard InChI is InChI=1S/C26H35FN2O6Si/c1-7-8-9-10-11-18(30)29-21-19-16-13-12-15(35-36(5,6)25(2,3)4)14-17(16)34-22(31)20(19)26(21,27)23(32)28-24(29)33/h12-14,19-21H,7-11H2,1-6H3,(H,28,32,33)/t19-,20-,21+,26+/m0/s1. The largest absolute Gasteiger partial charge is 0.543 e. The average molecular weight is 519 g/mol. The lowest BCUT2D eigenvalue weighted by atomic mass is 9.53. The third-order valence-corrected chi connectivity index (χ3v) is 12.5. The normalized spacial score (nSPS) is 27.2. The Balaban J connectivity index is 1.67. The summed E-state index contributed by atoms with van der Waals surface area (Å²) in [6, 6.07) is 2.67. The van der Waals surface area contributed by atoms with E-state index in [1.165, 1.54) is 0 Å². The number of halogens is 1. The van der Waals surface area contributed by atoms with Crippen molar-refractivity contribution in [3.8, 4) is 11.5 Å². The number of esters is 1. The molecular formula is C26H35FN2O6Si. The molecule has 2 heterocycles. The Labute approximate surface area is 212 Å². The predicted molar refractivity (Wildman–Crippen MR) is 133 cm³/mol. The molecule has 0 unspecified atom stereocenters. The quantitative estimate of drug-likeness (QED) is 0.240. The number of benzene rings is 1. The van der Waals surface area contributed by atoms with Gasteiger partial charge in [0.25, 0.3) is 5.91 Å². The number of carbonyl (C=O) groups excluding carboxylic acids is 4. The van der Waals surface area contributed by atoms with E-state index in [2.05, 4.69) is 33.9 Å². The highest BCUT2D eigenvalue weighted by Gasteiger charge is 2.77. The van der Waals surface area contributed by atoms with Crippen molar-refractivity contribution in [2.45, 2.75) is 95.6 Å². The highest BCUT2D eigenvalue weighted by molar-refractivity contribution is 6.74. The molecule has 0 radical (unpaired) electrons. The number of hydrogen-bond acceptors (Lipinski definition) is 6. The predicted octanol–water partition coefficient (Wildman–Crippen LogP) is 4.83. The van der Waals surface area contributed by atoms with Crippen LogP contribution in [-0.2, 0) is 14.4 Å². The molecule has 0 spiro atoms. The molecule has 0 bridgehead atoms. The smallest absolute Gasteiger partial charge is 0.331 e. The number of hydrogen-bond donors (Lipinski definition) is 1. The zero-order valence-corrected chi connectivity index (χ0v) is 22.8. The van der Waals surface area contributed by atoms with Crippen LogP contribution >= 0.6 is 0 Å². The van der Waals surface area contributed by atoms with Gasteiger partial charge >= 0.3 is 12.0 Å². The molecular weight excluding hydrogens is 483 g/mol. The number of amides is 4. The summed E-state index contributed by atoms with van der Waals surface area (Å²) in [7, 11) is -2.18. The summed E-state index contributed by atoms with van der Waals surface area (Å²) in [5.74, 6) is -4.23. The fourth-order valence-corrected chi connectivity index (χ4v) is 6.12. The molecule has 1 N–H and O–H groups in total. The molecule has 4 rings (SSSR count). The summed E-state index contributed by atoms with van der Waals surface area (Å²) >= 11 is 0. The van der Waals surface area contributed by atoms with Crippen molar-refractivity contribution in [3.05, 3.63) is 23.8 Å². The summed E-state index contributed by atoms with van der Waals surface area (Å²) in [6.07, 6.45) is 3.34. The number of fused-ring (bicyclic) bond motifs is 6. The topological polar surface area (TPSA) is 102 Å². The van der Waals surface area contributed by atoms with Crippen molar-refractivity contribution in [2.24, 2.45) is 5.92 Å². The van der Waals surface area contributed by atoms with E-state index >= 15 is 4.39 Å². The molecule has 2 fully saturated rings. The molecule has 10 heteroatoms. The fraction of sp³-hybridized carbons (Fsp3) is 0.615. The van der Waals surface area contributed by atoms with Crippen LogP contribution in [-0.4, -0.2) is 48.7 Å². The van der Waals surface area contributed by atoms with Crippen LogP contribution in [0.15, 0.2) is 18.2 Å². The second-order valence-electron chi connectivity index (χ2n) is 11.5. The SMILES string of the molecule is CCCCCCC(=O)N1C(=O)NC(=O)[C@@]2(F)[C@@H]3C(=O)Oc4cc(O[Si](C)(C)C(C)(C)C)ccc4[C@@H]3[C@@H]12. The summed E-state index contributed by atoms with van der Waals surface area (Å²) < 4.78 is 28.0. The molecule has 1 aromatic carbocycles. The van der Waals surface area contributed by atoms with E-state index in [1.54, 1.807) is 18.2 Å². The van der Waals surface area contributed by atoms with Crippen molar-refractivity contribution < 1.29 is 32.7 Å². The lowest BCUT2D eigenvalue weighted by molar-refractivity contribution is -0.190. The first-order chi connectivity index (χ1) is 16.7. The second-order valence-corrected chi connectivity index (χ2v) is 16.3.